The highest BCUT2D eigenvalue weighted by Gasteiger charge is 2.04. The van der Waals surface area contributed by atoms with E-state index in [0.29, 0.717) is 32.9 Å². The molecule has 0 atom stereocenters. The molecule has 7 nitrogen and oxygen atoms in total. The van der Waals surface area contributed by atoms with Crippen LogP contribution in [0.5, 0.6) is 0 Å². The highest BCUT2D eigenvalue weighted by atomic mass is 127. The van der Waals surface area contributed by atoms with Gasteiger partial charge in [-0.2, -0.15) is 5.10 Å². The molecule has 1 aromatic heterocycles. The molecule has 0 radical (unpaired) electrons. The topological polar surface area (TPSA) is 72.7 Å². The Balaban J connectivity index is 0.00000338. The molecule has 0 saturated carbocycles. The molecular weight excluding hydrogens is 445 g/mol. The summed E-state index contributed by atoms with van der Waals surface area (Å²) in [6, 6.07) is 10.3. The summed E-state index contributed by atoms with van der Waals surface area (Å²) in [5.41, 5.74) is 2.45. The number of nitrogens with zero attached hydrogens (tertiary/aromatic N) is 3. The number of halogens is 1. The number of guanidine groups is 1. The highest BCUT2D eigenvalue weighted by Crippen LogP contribution is 2.10. The Labute approximate surface area is 172 Å². The molecule has 8 heteroatoms. The minimum absolute atomic E-state index is 0. The monoisotopic (exact) mass is 473 g/mol. The van der Waals surface area contributed by atoms with Crippen molar-refractivity contribution in [2.45, 2.75) is 13.1 Å². The van der Waals surface area contributed by atoms with Gasteiger partial charge < -0.3 is 20.1 Å². The Bertz CT molecular complexity index is 634. The molecule has 0 aliphatic rings. The molecule has 0 spiro atoms. The van der Waals surface area contributed by atoms with E-state index in [1.807, 2.05) is 29.1 Å². The van der Waals surface area contributed by atoms with Crippen LogP contribution in [0.4, 0.5) is 0 Å². The lowest BCUT2D eigenvalue weighted by Gasteiger charge is -2.14. The summed E-state index contributed by atoms with van der Waals surface area (Å²) in [6.45, 7) is 3.97. The predicted molar refractivity (Wildman–Crippen MR) is 114 cm³/mol. The van der Waals surface area contributed by atoms with Gasteiger partial charge in [0.25, 0.3) is 0 Å². The summed E-state index contributed by atoms with van der Waals surface area (Å²) in [5.74, 6) is 0.754. The van der Waals surface area contributed by atoms with E-state index in [2.05, 4.69) is 32.9 Å². The molecule has 2 aromatic rings. The van der Waals surface area contributed by atoms with Crippen molar-refractivity contribution in [2.24, 2.45) is 4.99 Å². The maximum Gasteiger partial charge on any atom is 0.191 e. The molecule has 0 saturated heterocycles. The van der Waals surface area contributed by atoms with E-state index in [0.717, 1.165) is 12.5 Å². The number of ether oxygens (including phenoxy) is 2. The maximum absolute atomic E-state index is 5.43. The molecule has 2 rings (SSSR count). The molecule has 1 heterocycles. The van der Waals surface area contributed by atoms with E-state index in [-0.39, 0.29) is 24.0 Å². The normalized spacial score (nSPS) is 11.1. The number of aromatic nitrogens is 2. The first-order valence-corrected chi connectivity index (χ1v) is 8.39. The van der Waals surface area contributed by atoms with Gasteiger partial charge in [-0.05, 0) is 17.2 Å². The average Bonchev–Trinajstić information content (AvgIpc) is 3.15. The fourth-order valence-electron chi connectivity index (χ4n) is 2.34. The van der Waals surface area contributed by atoms with Crippen molar-refractivity contribution in [2.75, 3.05) is 40.5 Å². The zero-order valence-electron chi connectivity index (χ0n) is 15.4. The van der Waals surface area contributed by atoms with Gasteiger partial charge in [0.1, 0.15) is 0 Å². The summed E-state index contributed by atoms with van der Waals surface area (Å²) in [4.78, 5) is 4.24. The van der Waals surface area contributed by atoms with Gasteiger partial charge in [-0.25, -0.2) is 0 Å². The zero-order valence-corrected chi connectivity index (χ0v) is 17.7. The molecule has 0 bridgehead atoms. The third-order valence-electron chi connectivity index (χ3n) is 3.65. The van der Waals surface area contributed by atoms with Crippen LogP contribution in [0.3, 0.4) is 0 Å². The smallest absolute Gasteiger partial charge is 0.191 e. The van der Waals surface area contributed by atoms with Crippen molar-refractivity contribution in [3.05, 3.63) is 53.9 Å². The molecule has 2 N–H and O–H groups in total. The lowest BCUT2D eigenvalue weighted by atomic mass is 10.1. The minimum Gasteiger partial charge on any atom is -0.382 e. The summed E-state index contributed by atoms with van der Waals surface area (Å²) in [6.07, 6.45) is 3.76. The minimum atomic E-state index is 0. The van der Waals surface area contributed by atoms with Crippen LogP contribution in [0.25, 0.3) is 0 Å². The number of benzene rings is 1. The number of rotatable bonds is 10. The quantitative estimate of drug-likeness (QED) is 0.239. The average molecular weight is 473 g/mol. The van der Waals surface area contributed by atoms with Gasteiger partial charge in [-0.15, -0.1) is 24.0 Å². The highest BCUT2D eigenvalue weighted by molar-refractivity contribution is 14.0. The lowest BCUT2D eigenvalue weighted by molar-refractivity contribution is 0.0733. The summed E-state index contributed by atoms with van der Waals surface area (Å²) < 4.78 is 12.3. The largest absolute Gasteiger partial charge is 0.382 e. The summed E-state index contributed by atoms with van der Waals surface area (Å²) >= 11 is 0. The third kappa shape index (κ3) is 8.15. The molecule has 0 amide bonds. The second-order valence-electron chi connectivity index (χ2n) is 5.43. The molecule has 0 fully saturated rings. The summed E-state index contributed by atoms with van der Waals surface area (Å²) in [7, 11) is 3.42. The second-order valence-corrected chi connectivity index (χ2v) is 5.43. The van der Waals surface area contributed by atoms with Crippen molar-refractivity contribution in [3.8, 4) is 0 Å². The SMILES string of the molecule is CN=C(NCCOCCOC)NCc1ccccc1Cn1cccn1.I. The molecule has 26 heavy (non-hydrogen) atoms. The first-order valence-electron chi connectivity index (χ1n) is 8.39. The van der Waals surface area contributed by atoms with Gasteiger partial charge in [0.2, 0.25) is 0 Å². The molecule has 144 valence electrons. The fourth-order valence-corrected chi connectivity index (χ4v) is 2.34. The fraction of sp³-hybridized carbons (Fsp3) is 0.444. The van der Waals surface area contributed by atoms with Gasteiger partial charge in [0.15, 0.2) is 5.96 Å². The Morgan fingerprint density at radius 2 is 1.92 bits per heavy atom. The van der Waals surface area contributed by atoms with E-state index in [9.17, 15) is 0 Å². The van der Waals surface area contributed by atoms with Gasteiger partial charge in [-0.3, -0.25) is 9.67 Å². The van der Waals surface area contributed by atoms with E-state index in [1.165, 1.54) is 11.1 Å². The third-order valence-corrected chi connectivity index (χ3v) is 3.65. The van der Waals surface area contributed by atoms with Crippen molar-refractivity contribution < 1.29 is 9.47 Å². The van der Waals surface area contributed by atoms with Crippen LogP contribution in [0, 0.1) is 0 Å². The second kappa shape index (κ2) is 13.5. The van der Waals surface area contributed by atoms with E-state index < -0.39 is 0 Å². The Morgan fingerprint density at radius 3 is 2.62 bits per heavy atom. The van der Waals surface area contributed by atoms with Crippen LogP contribution in [-0.4, -0.2) is 56.3 Å². The van der Waals surface area contributed by atoms with E-state index in [1.54, 1.807) is 20.4 Å². The number of nitrogens with one attached hydrogen (secondary N) is 2. The number of aliphatic imine (C=N–C) groups is 1. The van der Waals surface area contributed by atoms with Crippen molar-refractivity contribution >= 4 is 29.9 Å². The Kier molecular flexibility index (Phi) is 11.7. The predicted octanol–water partition coefficient (Wildman–Crippen LogP) is 1.88. The molecule has 0 aliphatic carbocycles. The first-order chi connectivity index (χ1) is 12.3. The van der Waals surface area contributed by atoms with Crippen LogP contribution in [0.15, 0.2) is 47.7 Å². The van der Waals surface area contributed by atoms with Crippen LogP contribution in [-0.2, 0) is 22.6 Å². The van der Waals surface area contributed by atoms with Crippen LogP contribution < -0.4 is 10.6 Å². The lowest BCUT2D eigenvalue weighted by Crippen LogP contribution is -2.38. The van der Waals surface area contributed by atoms with Crippen molar-refractivity contribution in [3.63, 3.8) is 0 Å². The number of hydrogen-bond donors (Lipinski definition) is 2. The van der Waals surface area contributed by atoms with Gasteiger partial charge >= 0.3 is 0 Å². The number of hydrogen-bond acceptors (Lipinski definition) is 4. The molecule has 0 unspecified atom stereocenters. The first kappa shape index (κ1) is 22.4. The Hall–Kier alpha value is -1.65. The van der Waals surface area contributed by atoms with E-state index >= 15 is 0 Å². The zero-order chi connectivity index (χ0) is 17.7. The van der Waals surface area contributed by atoms with Gasteiger partial charge in [0, 0.05) is 39.6 Å². The van der Waals surface area contributed by atoms with Crippen LogP contribution >= 0.6 is 24.0 Å². The molecule has 1 aromatic carbocycles. The summed E-state index contributed by atoms with van der Waals surface area (Å²) in [5, 5.41) is 10.8. The van der Waals surface area contributed by atoms with Crippen LogP contribution in [0.2, 0.25) is 0 Å². The Morgan fingerprint density at radius 1 is 1.12 bits per heavy atom. The van der Waals surface area contributed by atoms with Crippen molar-refractivity contribution in [1.82, 2.24) is 20.4 Å². The molecular formula is C18H28IN5O2. The van der Waals surface area contributed by atoms with Crippen LogP contribution in [0.1, 0.15) is 11.1 Å². The van der Waals surface area contributed by atoms with Crippen molar-refractivity contribution in [1.29, 1.82) is 0 Å². The maximum atomic E-state index is 5.43. The standard InChI is InChI=1S/C18H27N5O2.HI/c1-19-18(20-9-11-25-13-12-24-2)21-14-16-6-3-4-7-17(16)15-23-10-5-8-22-23;/h3-8,10H,9,11-15H2,1-2H3,(H2,19,20,21);1H. The van der Waals surface area contributed by atoms with Gasteiger partial charge in [-0.1, -0.05) is 24.3 Å². The van der Waals surface area contributed by atoms with E-state index in [4.69, 9.17) is 9.47 Å². The molecule has 0 aliphatic heterocycles. The van der Waals surface area contributed by atoms with Gasteiger partial charge in [0.05, 0.1) is 26.4 Å². The number of methoxy groups -OCH3 is 1.